The lowest BCUT2D eigenvalue weighted by molar-refractivity contribution is 0.0696. The first-order valence-corrected chi connectivity index (χ1v) is 3.08. The Labute approximate surface area is 67.9 Å². The lowest BCUT2D eigenvalue weighted by atomic mass is 10.1. The molecule has 0 spiro atoms. The molecule has 0 saturated heterocycles. The molecule has 4 heteroatoms. The Kier molecular flexibility index (Phi) is 1.97. The van der Waals surface area contributed by atoms with E-state index in [2.05, 4.69) is 4.98 Å². The molecule has 0 saturated carbocycles. The monoisotopic (exact) mass is 163 g/mol. The zero-order chi connectivity index (χ0) is 9.14. The number of aromatic nitrogens is 1. The van der Waals surface area contributed by atoms with Crippen molar-refractivity contribution in [2.75, 3.05) is 0 Å². The third-order valence-electron chi connectivity index (χ3n) is 1.34. The van der Waals surface area contributed by atoms with E-state index in [9.17, 15) is 9.59 Å². The molecule has 0 aromatic carbocycles. The van der Waals surface area contributed by atoms with Crippen LogP contribution in [0.25, 0.3) is 0 Å². The molecule has 4 nitrogen and oxygen atoms in total. The number of H-pyrrole nitrogens is 1. The highest BCUT2D eigenvalue weighted by Crippen LogP contribution is 1.99. The summed E-state index contributed by atoms with van der Waals surface area (Å²) in [6.07, 6.45) is 6.20. The summed E-state index contributed by atoms with van der Waals surface area (Å²) >= 11 is 0. The summed E-state index contributed by atoms with van der Waals surface area (Å²) in [5.74, 6) is 0.821. The molecule has 0 unspecified atom stereocenters. The number of aromatic carboxylic acids is 1. The fourth-order valence-electron chi connectivity index (χ4n) is 0.800. The van der Waals surface area contributed by atoms with Gasteiger partial charge in [0.2, 0.25) is 0 Å². The van der Waals surface area contributed by atoms with Crippen molar-refractivity contribution in [1.29, 1.82) is 0 Å². The van der Waals surface area contributed by atoms with Gasteiger partial charge < -0.3 is 10.1 Å². The van der Waals surface area contributed by atoms with Gasteiger partial charge >= 0.3 is 5.97 Å². The van der Waals surface area contributed by atoms with Crippen LogP contribution >= 0.6 is 0 Å². The molecule has 0 aliphatic heterocycles. The Balaban J connectivity index is 3.51. The van der Waals surface area contributed by atoms with Crippen LogP contribution < -0.4 is 5.56 Å². The number of carboxylic acid groups (broad SMARTS) is 1. The summed E-state index contributed by atoms with van der Waals surface area (Å²) in [6.45, 7) is 0. The van der Waals surface area contributed by atoms with Gasteiger partial charge in [0.1, 0.15) is 5.56 Å². The second-order valence-electron chi connectivity index (χ2n) is 2.04. The SMILES string of the molecule is C#Cc1c(C(=O)O)cc[nH]c1=O. The van der Waals surface area contributed by atoms with Gasteiger partial charge in [-0.3, -0.25) is 4.79 Å². The van der Waals surface area contributed by atoms with Crippen LogP contribution in [0.3, 0.4) is 0 Å². The lowest BCUT2D eigenvalue weighted by Gasteiger charge is -1.95. The van der Waals surface area contributed by atoms with Crippen molar-refractivity contribution in [3.05, 3.63) is 33.7 Å². The first-order valence-electron chi connectivity index (χ1n) is 3.08. The summed E-state index contributed by atoms with van der Waals surface area (Å²) in [5, 5.41) is 8.57. The van der Waals surface area contributed by atoms with Gasteiger partial charge in [-0.2, -0.15) is 0 Å². The number of nitrogens with one attached hydrogen (secondary N) is 1. The van der Waals surface area contributed by atoms with Gasteiger partial charge in [0, 0.05) is 6.20 Å². The molecule has 0 atom stereocenters. The molecular weight excluding hydrogens is 158 g/mol. The predicted molar refractivity (Wildman–Crippen MR) is 42.0 cm³/mol. The van der Waals surface area contributed by atoms with Gasteiger partial charge in [-0.1, -0.05) is 5.92 Å². The van der Waals surface area contributed by atoms with Crippen LogP contribution in [-0.2, 0) is 0 Å². The van der Waals surface area contributed by atoms with Crippen LogP contribution in [0.2, 0.25) is 0 Å². The Morgan fingerprint density at radius 3 is 2.75 bits per heavy atom. The highest BCUT2D eigenvalue weighted by molar-refractivity contribution is 5.90. The minimum Gasteiger partial charge on any atom is -0.478 e. The highest BCUT2D eigenvalue weighted by Gasteiger charge is 2.09. The maximum atomic E-state index is 10.9. The van der Waals surface area contributed by atoms with E-state index in [1.807, 2.05) is 5.92 Å². The van der Waals surface area contributed by atoms with E-state index in [1.54, 1.807) is 0 Å². The average Bonchev–Trinajstić information content (AvgIpc) is 2.03. The summed E-state index contributed by atoms with van der Waals surface area (Å²) in [4.78, 5) is 23.7. The van der Waals surface area contributed by atoms with E-state index in [4.69, 9.17) is 11.5 Å². The molecule has 0 radical (unpaired) electrons. The molecule has 1 aromatic rings. The van der Waals surface area contributed by atoms with Crippen molar-refractivity contribution in [2.45, 2.75) is 0 Å². The zero-order valence-electron chi connectivity index (χ0n) is 6.00. The molecule has 0 fully saturated rings. The zero-order valence-corrected chi connectivity index (χ0v) is 6.00. The van der Waals surface area contributed by atoms with E-state index >= 15 is 0 Å². The Morgan fingerprint density at radius 2 is 2.33 bits per heavy atom. The van der Waals surface area contributed by atoms with Gasteiger partial charge in [-0.15, -0.1) is 6.42 Å². The van der Waals surface area contributed by atoms with Gasteiger partial charge in [0.25, 0.3) is 5.56 Å². The van der Waals surface area contributed by atoms with Crippen LogP contribution in [0.1, 0.15) is 15.9 Å². The van der Waals surface area contributed by atoms with Crippen molar-refractivity contribution in [3.63, 3.8) is 0 Å². The average molecular weight is 163 g/mol. The second-order valence-corrected chi connectivity index (χ2v) is 2.04. The Morgan fingerprint density at radius 1 is 1.67 bits per heavy atom. The normalized spacial score (nSPS) is 8.92. The molecule has 12 heavy (non-hydrogen) atoms. The molecule has 60 valence electrons. The molecule has 0 aliphatic carbocycles. The standard InChI is InChI=1S/C8H5NO3/c1-2-5-6(8(11)12)3-4-9-7(5)10/h1,3-4H,(H,9,10)(H,11,12). The summed E-state index contributed by atoms with van der Waals surface area (Å²) in [5.41, 5.74) is -0.858. The number of aromatic amines is 1. The van der Waals surface area contributed by atoms with E-state index < -0.39 is 11.5 Å². The smallest absolute Gasteiger partial charge is 0.337 e. The molecule has 0 bridgehead atoms. The third-order valence-corrected chi connectivity index (χ3v) is 1.34. The maximum absolute atomic E-state index is 10.9. The van der Waals surface area contributed by atoms with E-state index in [-0.39, 0.29) is 11.1 Å². The van der Waals surface area contributed by atoms with Gasteiger partial charge in [0.15, 0.2) is 0 Å². The molecule has 1 aromatic heterocycles. The summed E-state index contributed by atoms with van der Waals surface area (Å²) in [6, 6.07) is 1.25. The molecule has 2 N–H and O–H groups in total. The number of pyridine rings is 1. The van der Waals surface area contributed by atoms with Gasteiger partial charge in [0.05, 0.1) is 5.56 Å². The number of carboxylic acids is 1. The van der Waals surface area contributed by atoms with E-state index in [0.717, 1.165) is 0 Å². The largest absolute Gasteiger partial charge is 0.478 e. The first kappa shape index (κ1) is 8.08. The fraction of sp³-hybridized carbons (Fsp3) is 0. The molecular formula is C8H5NO3. The van der Waals surface area contributed by atoms with Crippen LogP contribution in [0, 0.1) is 12.3 Å². The summed E-state index contributed by atoms with van der Waals surface area (Å²) in [7, 11) is 0. The summed E-state index contributed by atoms with van der Waals surface area (Å²) < 4.78 is 0. The number of carbonyl (C=O) groups is 1. The van der Waals surface area contributed by atoms with Crippen LogP contribution in [0.4, 0.5) is 0 Å². The van der Waals surface area contributed by atoms with Crippen molar-refractivity contribution in [2.24, 2.45) is 0 Å². The molecule has 0 amide bonds. The van der Waals surface area contributed by atoms with Crippen molar-refractivity contribution < 1.29 is 9.90 Å². The van der Waals surface area contributed by atoms with Crippen molar-refractivity contribution in [1.82, 2.24) is 4.98 Å². The number of hydrogen-bond donors (Lipinski definition) is 2. The fourth-order valence-corrected chi connectivity index (χ4v) is 0.800. The highest BCUT2D eigenvalue weighted by atomic mass is 16.4. The molecule has 1 heterocycles. The Hall–Kier alpha value is -2.02. The number of rotatable bonds is 1. The lowest BCUT2D eigenvalue weighted by Crippen LogP contribution is -2.14. The van der Waals surface area contributed by atoms with E-state index in [0.29, 0.717) is 0 Å². The van der Waals surface area contributed by atoms with Crippen LogP contribution in [0.5, 0.6) is 0 Å². The third kappa shape index (κ3) is 1.20. The Bertz CT molecular complexity index is 411. The minimum absolute atomic E-state index is 0.148. The van der Waals surface area contributed by atoms with Gasteiger partial charge in [-0.05, 0) is 6.07 Å². The van der Waals surface area contributed by atoms with Crippen molar-refractivity contribution in [3.8, 4) is 12.3 Å². The number of hydrogen-bond acceptors (Lipinski definition) is 2. The predicted octanol–water partition coefficient (Wildman–Crippen LogP) is 0.0544. The second kappa shape index (κ2) is 2.93. The van der Waals surface area contributed by atoms with Crippen LogP contribution in [-0.4, -0.2) is 16.1 Å². The van der Waals surface area contributed by atoms with Gasteiger partial charge in [-0.25, -0.2) is 4.79 Å². The first-order chi connectivity index (χ1) is 5.66. The molecule has 0 aliphatic rings. The van der Waals surface area contributed by atoms with Crippen LogP contribution in [0.15, 0.2) is 17.1 Å². The molecule has 1 rings (SSSR count). The maximum Gasteiger partial charge on any atom is 0.337 e. The topological polar surface area (TPSA) is 70.2 Å². The number of terminal acetylenes is 1. The van der Waals surface area contributed by atoms with Crippen molar-refractivity contribution >= 4 is 5.97 Å². The minimum atomic E-state index is -1.20. The van der Waals surface area contributed by atoms with E-state index in [1.165, 1.54) is 12.3 Å². The quantitative estimate of drug-likeness (QED) is 0.575.